The predicted octanol–water partition coefficient (Wildman–Crippen LogP) is 4.19. The Bertz CT molecular complexity index is 1310. The molecule has 1 amide bonds. The van der Waals surface area contributed by atoms with Crippen molar-refractivity contribution in [1.29, 1.82) is 5.41 Å². The molecule has 0 aliphatic carbocycles. The highest BCUT2D eigenvalue weighted by Gasteiger charge is 2.38. The quantitative estimate of drug-likeness (QED) is 0.0883. The molecule has 0 saturated heterocycles. The number of fused-ring (bicyclic) bond motifs is 1. The van der Waals surface area contributed by atoms with Gasteiger partial charge in [0, 0.05) is 6.54 Å². The molecule has 1 unspecified atom stereocenters. The third-order valence-electron chi connectivity index (χ3n) is 4.83. The zero-order valence-corrected chi connectivity index (χ0v) is 20.5. The molecule has 39 heavy (non-hydrogen) atoms. The molecule has 6 N–H and O–H groups in total. The van der Waals surface area contributed by atoms with Crippen LogP contribution in [0.4, 0.5) is 26.3 Å². The summed E-state index contributed by atoms with van der Waals surface area (Å²) in [6.07, 6.45) is -9.34. The molecule has 1 aromatic heterocycles. The van der Waals surface area contributed by atoms with Crippen LogP contribution in [-0.4, -0.2) is 52.5 Å². The molecule has 0 bridgehead atoms. The summed E-state index contributed by atoms with van der Waals surface area (Å²) in [5, 5.41) is 19.5. The number of carboxylic acid groups (broad SMARTS) is 1. The molecule has 1 heterocycles. The van der Waals surface area contributed by atoms with E-state index in [-0.39, 0.29) is 23.9 Å². The summed E-state index contributed by atoms with van der Waals surface area (Å²) in [7, 11) is 0. The van der Waals surface area contributed by atoms with E-state index in [0.29, 0.717) is 11.9 Å². The van der Waals surface area contributed by atoms with Crippen LogP contribution in [0.1, 0.15) is 38.6 Å². The molecular weight excluding hydrogens is 556 g/mol. The number of para-hydroxylation sites is 1. The van der Waals surface area contributed by atoms with Gasteiger partial charge in [-0.25, -0.2) is 9.78 Å². The van der Waals surface area contributed by atoms with E-state index >= 15 is 0 Å². The van der Waals surface area contributed by atoms with E-state index < -0.39 is 47.2 Å². The summed E-state index contributed by atoms with van der Waals surface area (Å²) in [5.41, 5.74) is 4.21. The van der Waals surface area contributed by atoms with E-state index in [1.165, 1.54) is 12.1 Å². The number of aliphatic carboxylic acids is 1. The number of nitrogens with one attached hydrogen (secondary N) is 3. The number of carbonyl (C=O) groups excluding carboxylic acids is 2. The fraction of sp³-hybridized carbons (Fsp3) is 0.261. The second-order valence-electron chi connectivity index (χ2n) is 7.71. The van der Waals surface area contributed by atoms with Crippen molar-refractivity contribution in [3.63, 3.8) is 0 Å². The smallest absolute Gasteiger partial charge is 0.475 e. The molecule has 210 valence electrons. The van der Waals surface area contributed by atoms with Crippen LogP contribution in [0, 0.1) is 5.41 Å². The van der Waals surface area contributed by atoms with Crippen molar-refractivity contribution in [2.45, 2.75) is 31.2 Å². The van der Waals surface area contributed by atoms with Crippen molar-refractivity contribution in [3.05, 3.63) is 64.7 Å². The summed E-state index contributed by atoms with van der Waals surface area (Å²) in [6.45, 7) is 0.258. The Morgan fingerprint density at radius 3 is 2.18 bits per heavy atom. The van der Waals surface area contributed by atoms with E-state index in [2.05, 4.69) is 15.6 Å². The molecule has 0 fully saturated rings. The first-order valence-corrected chi connectivity index (χ1v) is 11.7. The minimum Gasteiger partial charge on any atom is -0.475 e. The Morgan fingerprint density at radius 2 is 1.62 bits per heavy atom. The molecule has 3 aromatic rings. The summed E-state index contributed by atoms with van der Waals surface area (Å²) < 4.78 is 72.5. The Hall–Kier alpha value is -4.21. The van der Waals surface area contributed by atoms with Crippen molar-refractivity contribution in [2.24, 2.45) is 5.73 Å². The fourth-order valence-corrected chi connectivity index (χ4v) is 4.05. The first-order valence-electron chi connectivity index (χ1n) is 10.9. The van der Waals surface area contributed by atoms with Gasteiger partial charge in [-0.15, -0.1) is 11.3 Å². The lowest BCUT2D eigenvalue weighted by molar-refractivity contribution is -0.192. The number of halogens is 6. The van der Waals surface area contributed by atoms with Crippen LogP contribution in [0.25, 0.3) is 10.2 Å². The minimum atomic E-state index is -5.08. The largest absolute Gasteiger partial charge is 0.490 e. The standard InChI is InChI=1S/C21H20F3N5O2S.C2HF3O2/c22-21(23,24)13-7-2-1-6-12(13)18(31)28-15(9-5-11-27-20(25)26)17(30)19-29-14-8-3-4-10-16(14)32-19;3-2(4,5)1(6)7/h1-4,6-8,10,15H,5,9,11H2,(H,28,31)(H4,25,26,27);(H,6,7). The van der Waals surface area contributed by atoms with Gasteiger partial charge in [0.25, 0.3) is 5.91 Å². The van der Waals surface area contributed by atoms with Gasteiger partial charge < -0.3 is 21.5 Å². The van der Waals surface area contributed by atoms with Crippen LogP contribution < -0.4 is 16.4 Å². The Morgan fingerprint density at radius 1 is 1.03 bits per heavy atom. The number of nitrogens with zero attached hydrogens (tertiary/aromatic N) is 1. The number of hydrogen-bond acceptors (Lipinski definition) is 6. The number of alkyl halides is 6. The summed E-state index contributed by atoms with van der Waals surface area (Å²) in [4.78, 5) is 39.0. The van der Waals surface area contributed by atoms with Crippen LogP contribution in [0.15, 0.2) is 48.5 Å². The molecule has 0 spiro atoms. The van der Waals surface area contributed by atoms with E-state index in [0.717, 1.165) is 28.2 Å². The first kappa shape index (κ1) is 31.0. The lowest BCUT2D eigenvalue weighted by atomic mass is 10.0. The number of guanidine groups is 1. The number of benzene rings is 2. The second kappa shape index (κ2) is 13.0. The highest BCUT2D eigenvalue weighted by Crippen LogP contribution is 2.32. The second-order valence-corrected chi connectivity index (χ2v) is 8.74. The molecular formula is C23H21F6N5O4S. The van der Waals surface area contributed by atoms with Gasteiger partial charge in [0.2, 0.25) is 5.78 Å². The van der Waals surface area contributed by atoms with E-state index in [1.807, 2.05) is 0 Å². The summed E-state index contributed by atoms with van der Waals surface area (Å²) in [6, 6.07) is 10.4. The van der Waals surface area contributed by atoms with E-state index in [9.17, 15) is 35.9 Å². The number of thiazole rings is 1. The first-order chi connectivity index (χ1) is 18.1. The maximum Gasteiger partial charge on any atom is 0.490 e. The normalized spacial score (nSPS) is 12.2. The number of Topliss-reactive ketones (excluding diaryl/α,β-unsaturated/α-hetero) is 1. The topological polar surface area (TPSA) is 158 Å². The fourth-order valence-electron chi connectivity index (χ4n) is 3.09. The van der Waals surface area contributed by atoms with Crippen molar-refractivity contribution in [3.8, 4) is 0 Å². The maximum atomic E-state index is 13.3. The van der Waals surface area contributed by atoms with Gasteiger partial charge in [-0.3, -0.25) is 15.0 Å². The molecule has 0 radical (unpaired) electrons. The number of ketones is 1. The minimum absolute atomic E-state index is 0.120. The van der Waals surface area contributed by atoms with Gasteiger partial charge in [-0.1, -0.05) is 24.3 Å². The average molecular weight is 578 g/mol. The molecule has 0 saturated carbocycles. The van der Waals surface area contributed by atoms with E-state index in [4.69, 9.17) is 21.0 Å². The van der Waals surface area contributed by atoms with Crippen molar-refractivity contribution < 1.29 is 45.8 Å². The summed E-state index contributed by atoms with van der Waals surface area (Å²) >= 11 is 1.15. The van der Waals surface area contributed by atoms with Crippen molar-refractivity contribution in [2.75, 3.05) is 6.54 Å². The number of aromatic nitrogens is 1. The number of rotatable bonds is 8. The summed E-state index contributed by atoms with van der Waals surface area (Å²) in [5.74, 6) is -4.50. The van der Waals surface area contributed by atoms with Gasteiger partial charge in [0.05, 0.1) is 27.4 Å². The highest BCUT2D eigenvalue weighted by atomic mass is 32.1. The molecule has 0 aliphatic rings. The number of amides is 1. The Labute approximate surface area is 220 Å². The number of hydrogen-bond donors (Lipinski definition) is 5. The Balaban J connectivity index is 0.000000673. The molecule has 9 nitrogen and oxygen atoms in total. The average Bonchev–Trinajstić information content (AvgIpc) is 3.29. The van der Waals surface area contributed by atoms with Crippen LogP contribution in [0.3, 0.4) is 0 Å². The monoisotopic (exact) mass is 577 g/mol. The Kier molecular flexibility index (Phi) is 10.4. The molecule has 2 aromatic carbocycles. The van der Waals surface area contributed by atoms with Gasteiger partial charge in [-0.2, -0.15) is 26.3 Å². The predicted molar refractivity (Wildman–Crippen MR) is 129 cm³/mol. The molecule has 3 rings (SSSR count). The van der Waals surface area contributed by atoms with Crippen LogP contribution >= 0.6 is 11.3 Å². The number of carboxylic acids is 1. The van der Waals surface area contributed by atoms with Gasteiger partial charge in [-0.05, 0) is 37.1 Å². The SMILES string of the molecule is N=C(N)NCCCC(NC(=O)c1ccccc1C(F)(F)F)C(=O)c1nc2ccccc2s1.O=C(O)C(F)(F)F. The van der Waals surface area contributed by atoms with Gasteiger partial charge in [0.1, 0.15) is 0 Å². The van der Waals surface area contributed by atoms with Gasteiger partial charge in [0.15, 0.2) is 11.0 Å². The molecule has 0 aliphatic heterocycles. The maximum absolute atomic E-state index is 13.3. The van der Waals surface area contributed by atoms with Gasteiger partial charge >= 0.3 is 18.3 Å². The lowest BCUT2D eigenvalue weighted by Gasteiger charge is -2.19. The molecule has 1 atom stereocenters. The molecule has 16 heteroatoms. The van der Waals surface area contributed by atoms with E-state index in [1.54, 1.807) is 24.3 Å². The van der Waals surface area contributed by atoms with Crippen LogP contribution in [0.2, 0.25) is 0 Å². The highest BCUT2D eigenvalue weighted by molar-refractivity contribution is 7.20. The van der Waals surface area contributed by atoms with Crippen LogP contribution in [0.5, 0.6) is 0 Å². The zero-order valence-electron chi connectivity index (χ0n) is 19.7. The van der Waals surface area contributed by atoms with Crippen LogP contribution in [-0.2, 0) is 11.0 Å². The van der Waals surface area contributed by atoms with Crippen molar-refractivity contribution >= 4 is 45.2 Å². The third-order valence-corrected chi connectivity index (χ3v) is 5.88. The third kappa shape index (κ3) is 9.24. The van der Waals surface area contributed by atoms with Crippen molar-refractivity contribution in [1.82, 2.24) is 15.6 Å². The zero-order chi connectivity index (χ0) is 29.4. The lowest BCUT2D eigenvalue weighted by Crippen LogP contribution is -2.42. The number of carbonyl (C=O) groups is 3. The number of nitrogens with two attached hydrogens (primary N) is 1.